The minimum absolute atomic E-state index is 0.177. The van der Waals surface area contributed by atoms with E-state index in [1.807, 2.05) is 43.3 Å². The van der Waals surface area contributed by atoms with Crippen LogP contribution >= 0.6 is 11.6 Å². The second kappa shape index (κ2) is 11.0. The number of hydrogen-bond acceptors (Lipinski definition) is 7. The highest BCUT2D eigenvalue weighted by Crippen LogP contribution is 2.41. The summed E-state index contributed by atoms with van der Waals surface area (Å²) in [4.78, 5) is 18.7. The molecular weight excluding hydrogens is 541 g/mol. The normalized spacial score (nSPS) is 24.5. The van der Waals surface area contributed by atoms with Crippen molar-refractivity contribution in [2.45, 2.75) is 44.8 Å². The molecule has 214 valence electrons. The predicted octanol–water partition coefficient (Wildman–Crippen LogP) is 6.36. The molecule has 3 aliphatic rings. The molecule has 3 fully saturated rings. The molecule has 7 rings (SSSR count). The van der Waals surface area contributed by atoms with Crippen molar-refractivity contribution < 1.29 is 13.9 Å². The summed E-state index contributed by atoms with van der Waals surface area (Å²) in [5.74, 6) is 1.50. The van der Waals surface area contributed by atoms with E-state index < -0.39 is 5.82 Å². The van der Waals surface area contributed by atoms with Gasteiger partial charge in [0.2, 0.25) is 0 Å². The SMILES string of the molecule is CCO[C@@H]1C[C@@H](COc2nc(N3CC4CCC(C4)C3)c3cnc(-c4cccc5cccc(Cl)c45)c(F)c3n2)N(C)C1. The molecule has 9 heteroatoms. The largest absolute Gasteiger partial charge is 0.462 e. The second-order valence-electron chi connectivity index (χ2n) is 11.8. The fraction of sp³-hybridized carbons (Fsp3) is 0.469. The van der Waals surface area contributed by atoms with Crippen molar-refractivity contribution in [2.24, 2.45) is 11.8 Å². The molecule has 2 unspecified atom stereocenters. The first-order valence-corrected chi connectivity index (χ1v) is 15.1. The lowest BCUT2D eigenvalue weighted by atomic mass is 9.98. The van der Waals surface area contributed by atoms with Gasteiger partial charge in [0.25, 0.3) is 0 Å². The van der Waals surface area contributed by atoms with Crippen molar-refractivity contribution in [1.82, 2.24) is 19.9 Å². The molecule has 0 radical (unpaired) electrons. The summed E-state index contributed by atoms with van der Waals surface area (Å²) in [5.41, 5.74) is 1.09. The zero-order valence-electron chi connectivity index (χ0n) is 23.5. The highest BCUT2D eigenvalue weighted by atomic mass is 35.5. The van der Waals surface area contributed by atoms with E-state index in [9.17, 15) is 0 Å². The van der Waals surface area contributed by atoms with Crippen LogP contribution in [0, 0.1) is 17.7 Å². The Kier molecular flexibility index (Phi) is 7.17. The van der Waals surface area contributed by atoms with Crippen molar-refractivity contribution >= 4 is 39.1 Å². The Labute approximate surface area is 244 Å². The van der Waals surface area contributed by atoms with Crippen LogP contribution in [0.2, 0.25) is 5.02 Å². The van der Waals surface area contributed by atoms with Crippen LogP contribution in [0.15, 0.2) is 42.6 Å². The fourth-order valence-electron chi connectivity index (χ4n) is 7.14. The maximum atomic E-state index is 16.6. The predicted molar refractivity (Wildman–Crippen MR) is 160 cm³/mol. The van der Waals surface area contributed by atoms with Crippen molar-refractivity contribution in [1.29, 1.82) is 0 Å². The van der Waals surface area contributed by atoms with Crippen molar-refractivity contribution in [3.05, 3.63) is 53.4 Å². The van der Waals surface area contributed by atoms with Crippen LogP contribution in [0.3, 0.4) is 0 Å². The Hall–Kier alpha value is -3.07. The Balaban J connectivity index is 1.30. The van der Waals surface area contributed by atoms with Crippen molar-refractivity contribution in [3.63, 3.8) is 0 Å². The quantitative estimate of drug-likeness (QED) is 0.254. The molecule has 2 saturated heterocycles. The summed E-state index contributed by atoms with van der Waals surface area (Å²) in [6, 6.07) is 11.8. The highest BCUT2D eigenvalue weighted by Gasteiger charge is 2.35. The van der Waals surface area contributed by atoms with Gasteiger partial charge in [0.15, 0.2) is 5.82 Å². The maximum absolute atomic E-state index is 16.6. The molecule has 0 N–H and O–H groups in total. The van der Waals surface area contributed by atoms with E-state index in [4.69, 9.17) is 26.1 Å². The van der Waals surface area contributed by atoms with Gasteiger partial charge in [0.05, 0.1) is 11.5 Å². The molecular formula is C32H35ClFN5O2. The number of benzene rings is 2. The van der Waals surface area contributed by atoms with Gasteiger partial charge >= 0.3 is 6.01 Å². The number of anilines is 1. The van der Waals surface area contributed by atoms with Crippen LogP contribution in [-0.4, -0.2) is 71.9 Å². The molecule has 7 nitrogen and oxygen atoms in total. The molecule has 2 bridgehead atoms. The number of fused-ring (bicyclic) bond motifs is 4. The third-order valence-corrected chi connectivity index (χ3v) is 9.43. The molecule has 2 aromatic carbocycles. The molecule has 0 spiro atoms. The van der Waals surface area contributed by atoms with Gasteiger partial charge in [0, 0.05) is 54.5 Å². The van der Waals surface area contributed by atoms with Gasteiger partial charge in [-0.3, -0.25) is 9.88 Å². The van der Waals surface area contributed by atoms with Gasteiger partial charge in [-0.05, 0) is 62.9 Å². The number of ether oxygens (including phenoxy) is 2. The van der Waals surface area contributed by atoms with Crippen LogP contribution in [0.4, 0.5) is 10.2 Å². The molecule has 4 atom stereocenters. The summed E-state index contributed by atoms with van der Waals surface area (Å²) >= 11 is 6.60. The monoisotopic (exact) mass is 575 g/mol. The summed E-state index contributed by atoms with van der Waals surface area (Å²) in [7, 11) is 2.08. The number of nitrogens with zero attached hydrogens (tertiary/aromatic N) is 5. The first-order valence-electron chi connectivity index (χ1n) is 14.7. The standard InChI is InChI=1S/C32H35ClFN5O2/c1-3-40-23-13-22(38(2)17-23)18-41-32-36-30-25(31(37-32)39-15-19-10-11-20(12-19)16-39)14-35-29(28(30)34)24-8-4-6-21-7-5-9-26(33)27(21)24/h4-9,14,19-20,22-23H,3,10-13,15-18H2,1-2H3/t19?,20?,22-,23+/m0/s1. The van der Waals surface area contributed by atoms with E-state index in [-0.39, 0.29) is 29.4 Å². The summed E-state index contributed by atoms with van der Waals surface area (Å²) in [6.45, 7) is 5.80. The first-order chi connectivity index (χ1) is 20.0. The average Bonchev–Trinajstić information content (AvgIpc) is 3.51. The van der Waals surface area contributed by atoms with Gasteiger partial charge in [-0.15, -0.1) is 0 Å². The van der Waals surface area contributed by atoms with Gasteiger partial charge in [-0.25, -0.2) is 4.39 Å². The number of pyridine rings is 1. The third kappa shape index (κ3) is 5.00. The van der Waals surface area contributed by atoms with E-state index in [0.29, 0.717) is 46.8 Å². The van der Waals surface area contributed by atoms with Gasteiger partial charge < -0.3 is 14.4 Å². The molecule has 4 aromatic rings. The van der Waals surface area contributed by atoms with E-state index >= 15 is 4.39 Å². The van der Waals surface area contributed by atoms with Crippen LogP contribution < -0.4 is 9.64 Å². The average molecular weight is 576 g/mol. The molecule has 1 aliphatic carbocycles. The smallest absolute Gasteiger partial charge is 0.319 e. The number of piperidine rings is 1. The van der Waals surface area contributed by atoms with E-state index in [1.165, 1.54) is 19.3 Å². The topological polar surface area (TPSA) is 63.6 Å². The van der Waals surface area contributed by atoms with E-state index in [0.717, 1.165) is 36.8 Å². The Bertz CT molecular complexity index is 1580. The summed E-state index contributed by atoms with van der Waals surface area (Å²) in [6.07, 6.45) is 6.52. The highest BCUT2D eigenvalue weighted by molar-refractivity contribution is 6.36. The van der Waals surface area contributed by atoms with Crippen molar-refractivity contribution in [2.75, 3.05) is 44.8 Å². The van der Waals surface area contributed by atoms with Gasteiger partial charge in [0.1, 0.15) is 23.6 Å². The molecule has 4 heterocycles. The zero-order chi connectivity index (χ0) is 28.1. The zero-order valence-corrected chi connectivity index (χ0v) is 24.3. The molecule has 41 heavy (non-hydrogen) atoms. The Morgan fingerprint density at radius 1 is 1.02 bits per heavy atom. The van der Waals surface area contributed by atoms with Crippen LogP contribution in [0.25, 0.3) is 32.9 Å². The number of hydrogen-bond donors (Lipinski definition) is 0. The fourth-order valence-corrected chi connectivity index (χ4v) is 7.42. The number of aromatic nitrogens is 3. The minimum Gasteiger partial charge on any atom is -0.462 e. The van der Waals surface area contributed by atoms with E-state index in [1.54, 1.807) is 6.20 Å². The summed E-state index contributed by atoms with van der Waals surface area (Å²) < 4.78 is 28.6. The first kappa shape index (κ1) is 26.8. The van der Waals surface area contributed by atoms with Crippen LogP contribution in [0.1, 0.15) is 32.6 Å². The lowest BCUT2D eigenvalue weighted by molar-refractivity contribution is 0.0705. The number of halogens is 2. The lowest BCUT2D eigenvalue weighted by Crippen LogP contribution is -2.37. The summed E-state index contributed by atoms with van der Waals surface area (Å²) in [5, 5.41) is 2.87. The minimum atomic E-state index is -0.488. The number of likely N-dealkylation sites (N-methyl/N-ethyl adjacent to an activating group) is 1. The van der Waals surface area contributed by atoms with Gasteiger partial charge in [-0.1, -0.05) is 41.9 Å². The van der Waals surface area contributed by atoms with Gasteiger partial charge in [-0.2, -0.15) is 9.97 Å². The van der Waals surface area contributed by atoms with Crippen molar-refractivity contribution in [3.8, 4) is 17.3 Å². The van der Waals surface area contributed by atoms with Crippen LogP contribution in [-0.2, 0) is 4.74 Å². The third-order valence-electron chi connectivity index (χ3n) is 9.12. The Morgan fingerprint density at radius 2 is 1.80 bits per heavy atom. The number of likely N-dealkylation sites (tertiary alicyclic amines) is 1. The van der Waals surface area contributed by atoms with E-state index in [2.05, 4.69) is 26.8 Å². The molecule has 1 saturated carbocycles. The van der Waals surface area contributed by atoms with Crippen LogP contribution in [0.5, 0.6) is 6.01 Å². The molecule has 0 amide bonds. The lowest BCUT2D eigenvalue weighted by Gasteiger charge is -2.33. The Morgan fingerprint density at radius 3 is 2.59 bits per heavy atom. The maximum Gasteiger partial charge on any atom is 0.319 e. The molecule has 2 aromatic heterocycles. The second-order valence-corrected chi connectivity index (χ2v) is 12.2. The molecule has 2 aliphatic heterocycles. The number of rotatable bonds is 7.